The summed E-state index contributed by atoms with van der Waals surface area (Å²) in [5.74, 6) is -0.518. The molecule has 0 spiro atoms. The zero-order valence-electron chi connectivity index (χ0n) is 16.9. The standard InChI is InChI=1S/C23H31NO2/c1-7-8-9-18-14-19(11-10-16(18)2)21-13-12-20(24(4)5)15-22(21)17(3)23(25)26-6/h10-15,17H,7-9H2,1-6H3. The molecule has 0 aliphatic carbocycles. The molecule has 0 aliphatic heterocycles. The lowest BCUT2D eigenvalue weighted by Gasteiger charge is -2.20. The quantitative estimate of drug-likeness (QED) is 0.629. The zero-order valence-corrected chi connectivity index (χ0v) is 16.9. The number of esters is 1. The highest BCUT2D eigenvalue weighted by molar-refractivity contribution is 5.83. The molecule has 140 valence electrons. The number of nitrogens with zero attached hydrogens (tertiary/aromatic N) is 1. The SMILES string of the molecule is CCCCc1cc(-c2ccc(N(C)C)cc2C(C)C(=O)OC)ccc1C. The lowest BCUT2D eigenvalue weighted by atomic mass is 9.89. The summed E-state index contributed by atoms with van der Waals surface area (Å²) >= 11 is 0. The molecule has 0 radical (unpaired) electrons. The van der Waals surface area contributed by atoms with Gasteiger partial charge in [0.1, 0.15) is 0 Å². The van der Waals surface area contributed by atoms with E-state index >= 15 is 0 Å². The summed E-state index contributed by atoms with van der Waals surface area (Å²) in [6.45, 7) is 6.30. The number of methoxy groups -OCH3 is 1. The molecule has 1 atom stereocenters. The lowest BCUT2D eigenvalue weighted by molar-refractivity contribution is -0.141. The van der Waals surface area contributed by atoms with Crippen LogP contribution in [-0.4, -0.2) is 27.2 Å². The fraction of sp³-hybridized carbons (Fsp3) is 0.435. The van der Waals surface area contributed by atoms with Crippen molar-refractivity contribution in [1.29, 1.82) is 0 Å². The molecule has 26 heavy (non-hydrogen) atoms. The van der Waals surface area contributed by atoms with Crippen LogP contribution in [0.5, 0.6) is 0 Å². The van der Waals surface area contributed by atoms with E-state index in [1.54, 1.807) is 0 Å². The fourth-order valence-electron chi connectivity index (χ4n) is 3.23. The Morgan fingerprint density at radius 3 is 2.50 bits per heavy atom. The van der Waals surface area contributed by atoms with Crippen LogP contribution in [0.25, 0.3) is 11.1 Å². The predicted molar refractivity (Wildman–Crippen MR) is 110 cm³/mol. The first-order valence-electron chi connectivity index (χ1n) is 9.38. The monoisotopic (exact) mass is 353 g/mol. The average molecular weight is 354 g/mol. The minimum atomic E-state index is -0.310. The Morgan fingerprint density at radius 1 is 1.15 bits per heavy atom. The number of carbonyl (C=O) groups is 1. The van der Waals surface area contributed by atoms with E-state index in [2.05, 4.69) is 55.1 Å². The lowest BCUT2D eigenvalue weighted by Crippen LogP contribution is -2.14. The Hall–Kier alpha value is -2.29. The van der Waals surface area contributed by atoms with Gasteiger partial charge in [0.05, 0.1) is 13.0 Å². The number of hydrogen-bond acceptors (Lipinski definition) is 3. The van der Waals surface area contributed by atoms with E-state index in [4.69, 9.17) is 4.74 Å². The Kier molecular flexibility index (Phi) is 6.84. The predicted octanol–water partition coefficient (Wildman–Crippen LogP) is 5.35. The molecule has 3 nitrogen and oxygen atoms in total. The van der Waals surface area contributed by atoms with Gasteiger partial charge in [-0.1, -0.05) is 37.6 Å². The maximum absolute atomic E-state index is 12.2. The highest BCUT2D eigenvalue weighted by Gasteiger charge is 2.21. The molecule has 0 bridgehead atoms. The van der Waals surface area contributed by atoms with Gasteiger partial charge in [-0.3, -0.25) is 4.79 Å². The number of ether oxygens (including phenoxy) is 1. The number of benzene rings is 2. The molecule has 1 unspecified atom stereocenters. The number of anilines is 1. The fourth-order valence-corrected chi connectivity index (χ4v) is 3.23. The first-order chi connectivity index (χ1) is 12.4. The van der Waals surface area contributed by atoms with Gasteiger partial charge in [-0.2, -0.15) is 0 Å². The summed E-state index contributed by atoms with van der Waals surface area (Å²) in [7, 11) is 5.47. The second kappa shape index (κ2) is 8.88. The molecule has 2 aromatic carbocycles. The maximum atomic E-state index is 12.2. The average Bonchev–Trinajstić information content (AvgIpc) is 2.65. The summed E-state index contributed by atoms with van der Waals surface area (Å²) in [6.07, 6.45) is 3.47. The summed E-state index contributed by atoms with van der Waals surface area (Å²) < 4.78 is 5.00. The smallest absolute Gasteiger partial charge is 0.312 e. The molecule has 0 aromatic heterocycles. The summed E-state index contributed by atoms with van der Waals surface area (Å²) in [6, 6.07) is 13.0. The molecule has 2 aromatic rings. The zero-order chi connectivity index (χ0) is 19.3. The first kappa shape index (κ1) is 20.0. The second-order valence-electron chi connectivity index (χ2n) is 7.16. The van der Waals surface area contributed by atoms with Crippen LogP contribution < -0.4 is 4.90 Å². The van der Waals surface area contributed by atoms with Crippen molar-refractivity contribution < 1.29 is 9.53 Å². The van der Waals surface area contributed by atoms with Crippen molar-refractivity contribution in [3.8, 4) is 11.1 Å². The molecular formula is C23H31NO2. The summed E-state index contributed by atoms with van der Waals surface area (Å²) in [4.78, 5) is 14.3. The molecule has 3 heteroatoms. The van der Waals surface area contributed by atoms with Gasteiger partial charge < -0.3 is 9.64 Å². The first-order valence-corrected chi connectivity index (χ1v) is 9.38. The third-order valence-corrected chi connectivity index (χ3v) is 5.03. The number of carbonyl (C=O) groups excluding carboxylic acids is 1. The Balaban J connectivity index is 2.56. The molecule has 0 aliphatic rings. The third-order valence-electron chi connectivity index (χ3n) is 5.03. The molecule has 0 heterocycles. The summed E-state index contributed by atoms with van der Waals surface area (Å²) in [5, 5.41) is 0. The van der Waals surface area contributed by atoms with Crippen molar-refractivity contribution in [1.82, 2.24) is 0 Å². The molecule has 2 rings (SSSR count). The van der Waals surface area contributed by atoms with Crippen molar-refractivity contribution in [3.63, 3.8) is 0 Å². The van der Waals surface area contributed by atoms with Crippen molar-refractivity contribution >= 4 is 11.7 Å². The van der Waals surface area contributed by atoms with Gasteiger partial charge in [0.25, 0.3) is 0 Å². The maximum Gasteiger partial charge on any atom is 0.312 e. The minimum Gasteiger partial charge on any atom is -0.469 e. The van der Waals surface area contributed by atoms with E-state index in [1.165, 1.54) is 31.1 Å². The van der Waals surface area contributed by atoms with E-state index in [0.717, 1.165) is 28.8 Å². The van der Waals surface area contributed by atoms with Crippen LogP contribution in [0, 0.1) is 6.92 Å². The minimum absolute atomic E-state index is 0.208. The molecule has 0 saturated heterocycles. The number of aryl methyl sites for hydroxylation is 2. The van der Waals surface area contributed by atoms with E-state index < -0.39 is 0 Å². The summed E-state index contributed by atoms with van der Waals surface area (Å²) in [5.41, 5.74) is 7.07. The molecule has 0 N–H and O–H groups in total. The van der Waals surface area contributed by atoms with Gasteiger partial charge in [0.15, 0.2) is 0 Å². The van der Waals surface area contributed by atoms with Gasteiger partial charge in [-0.25, -0.2) is 0 Å². The molecule has 0 amide bonds. The highest BCUT2D eigenvalue weighted by Crippen LogP contribution is 2.34. The second-order valence-corrected chi connectivity index (χ2v) is 7.16. The van der Waals surface area contributed by atoms with Crippen LogP contribution in [0.2, 0.25) is 0 Å². The van der Waals surface area contributed by atoms with Crippen LogP contribution in [0.1, 0.15) is 49.3 Å². The molecular weight excluding hydrogens is 322 g/mol. The van der Waals surface area contributed by atoms with Crippen molar-refractivity contribution in [3.05, 3.63) is 53.1 Å². The topological polar surface area (TPSA) is 29.5 Å². The van der Waals surface area contributed by atoms with E-state index in [9.17, 15) is 4.79 Å². The van der Waals surface area contributed by atoms with Crippen LogP contribution in [0.3, 0.4) is 0 Å². The van der Waals surface area contributed by atoms with Crippen molar-refractivity contribution in [2.75, 3.05) is 26.1 Å². The molecule has 0 fully saturated rings. The van der Waals surface area contributed by atoms with Crippen LogP contribution in [-0.2, 0) is 16.0 Å². The van der Waals surface area contributed by atoms with Crippen molar-refractivity contribution in [2.45, 2.75) is 46.0 Å². The van der Waals surface area contributed by atoms with Crippen LogP contribution >= 0.6 is 0 Å². The van der Waals surface area contributed by atoms with Crippen LogP contribution in [0.15, 0.2) is 36.4 Å². The van der Waals surface area contributed by atoms with E-state index in [1.807, 2.05) is 21.0 Å². The third kappa shape index (κ3) is 4.46. The Labute approximate surface area is 158 Å². The van der Waals surface area contributed by atoms with Gasteiger partial charge in [-0.15, -0.1) is 0 Å². The van der Waals surface area contributed by atoms with Gasteiger partial charge in [0.2, 0.25) is 0 Å². The Bertz CT molecular complexity index is 765. The van der Waals surface area contributed by atoms with Gasteiger partial charge in [0, 0.05) is 19.8 Å². The van der Waals surface area contributed by atoms with Gasteiger partial charge >= 0.3 is 5.97 Å². The van der Waals surface area contributed by atoms with Crippen molar-refractivity contribution in [2.24, 2.45) is 0 Å². The Morgan fingerprint density at radius 2 is 1.88 bits per heavy atom. The van der Waals surface area contributed by atoms with E-state index in [0.29, 0.717) is 0 Å². The number of hydrogen-bond donors (Lipinski definition) is 0. The number of unbranched alkanes of at least 4 members (excludes halogenated alkanes) is 1. The molecule has 0 saturated carbocycles. The largest absolute Gasteiger partial charge is 0.469 e. The van der Waals surface area contributed by atoms with Gasteiger partial charge in [-0.05, 0) is 66.6 Å². The van der Waals surface area contributed by atoms with E-state index in [-0.39, 0.29) is 11.9 Å². The van der Waals surface area contributed by atoms with Crippen LogP contribution in [0.4, 0.5) is 5.69 Å². The normalized spacial score (nSPS) is 11.9. The number of rotatable bonds is 7. The highest BCUT2D eigenvalue weighted by atomic mass is 16.5.